The van der Waals surface area contributed by atoms with Crippen molar-refractivity contribution in [2.45, 2.75) is 32.0 Å². The van der Waals surface area contributed by atoms with E-state index in [1.165, 1.54) is 24.2 Å². The van der Waals surface area contributed by atoms with Crippen LogP contribution in [0.5, 0.6) is 0 Å². The molecule has 0 bridgehead atoms. The Labute approximate surface area is 145 Å². The monoisotopic (exact) mass is 343 g/mol. The van der Waals surface area contributed by atoms with Gasteiger partial charge in [-0.05, 0) is 30.4 Å². The molecule has 3 heterocycles. The number of fused-ring (bicyclic) bond motifs is 1. The molecule has 1 unspecified atom stereocenters. The first kappa shape index (κ1) is 15.7. The van der Waals surface area contributed by atoms with Crippen LogP contribution < -0.4 is 0 Å². The highest BCUT2D eigenvalue weighted by Crippen LogP contribution is 2.38. The molecule has 2 fully saturated rings. The Bertz CT molecular complexity index is 677. The fourth-order valence-corrected chi connectivity index (χ4v) is 4.48. The summed E-state index contributed by atoms with van der Waals surface area (Å²) in [5, 5.41) is 1.83. The van der Waals surface area contributed by atoms with Crippen LogP contribution in [0.1, 0.15) is 35.3 Å². The smallest absolute Gasteiger partial charge is 0.273 e. The van der Waals surface area contributed by atoms with Gasteiger partial charge in [0.1, 0.15) is 5.69 Å². The summed E-state index contributed by atoms with van der Waals surface area (Å²) in [5.74, 6) is 1.06. The van der Waals surface area contributed by atoms with Gasteiger partial charge in [0, 0.05) is 36.8 Å². The summed E-state index contributed by atoms with van der Waals surface area (Å²) in [7, 11) is 0. The van der Waals surface area contributed by atoms with Crippen molar-refractivity contribution in [1.29, 1.82) is 0 Å². The summed E-state index contributed by atoms with van der Waals surface area (Å²) in [4.78, 5) is 22.8. The number of pyridine rings is 1. The summed E-state index contributed by atoms with van der Waals surface area (Å²) in [6.45, 7) is 2.23. The molecule has 5 nitrogen and oxygen atoms in total. The van der Waals surface area contributed by atoms with E-state index in [4.69, 9.17) is 4.74 Å². The highest BCUT2D eigenvalue weighted by molar-refractivity contribution is 7.07. The van der Waals surface area contributed by atoms with Crippen molar-refractivity contribution >= 4 is 17.2 Å². The third-order valence-electron chi connectivity index (χ3n) is 5.16. The Balaban J connectivity index is 1.40. The number of rotatable bonds is 4. The summed E-state index contributed by atoms with van der Waals surface area (Å²) in [6.07, 6.45) is 7.32. The topological polar surface area (TPSA) is 55.3 Å². The van der Waals surface area contributed by atoms with Gasteiger partial charge >= 0.3 is 0 Å². The minimum absolute atomic E-state index is 0.0664. The van der Waals surface area contributed by atoms with Crippen molar-refractivity contribution < 1.29 is 9.53 Å². The van der Waals surface area contributed by atoms with Gasteiger partial charge in [-0.15, -0.1) is 11.3 Å². The van der Waals surface area contributed by atoms with Crippen molar-refractivity contribution in [1.82, 2.24) is 14.9 Å². The van der Waals surface area contributed by atoms with Crippen LogP contribution in [-0.4, -0.2) is 40.0 Å². The number of amides is 1. The van der Waals surface area contributed by atoms with Gasteiger partial charge < -0.3 is 9.64 Å². The molecule has 3 atom stereocenters. The molecule has 0 aromatic carbocycles. The zero-order chi connectivity index (χ0) is 16.4. The highest BCUT2D eigenvalue weighted by Gasteiger charge is 2.42. The first-order chi connectivity index (χ1) is 11.8. The lowest BCUT2D eigenvalue weighted by Crippen LogP contribution is -2.34. The van der Waals surface area contributed by atoms with E-state index < -0.39 is 0 Å². The van der Waals surface area contributed by atoms with E-state index in [9.17, 15) is 4.79 Å². The van der Waals surface area contributed by atoms with Gasteiger partial charge in [0.2, 0.25) is 0 Å². The first-order valence-corrected chi connectivity index (χ1v) is 9.43. The fourth-order valence-electron chi connectivity index (χ4n) is 3.96. The lowest BCUT2D eigenvalue weighted by atomic mass is 9.79. The maximum atomic E-state index is 12.6. The van der Waals surface area contributed by atoms with Crippen molar-refractivity contribution in [3.8, 4) is 0 Å². The lowest BCUT2D eigenvalue weighted by molar-refractivity contribution is -0.0293. The number of hydrogen-bond donors (Lipinski definition) is 0. The summed E-state index contributed by atoms with van der Waals surface area (Å²) in [5.41, 5.74) is 3.40. The lowest BCUT2D eigenvalue weighted by Gasteiger charge is -2.32. The molecule has 1 amide bonds. The Hall–Kier alpha value is -1.79. The van der Waals surface area contributed by atoms with Crippen LogP contribution in [0.25, 0.3) is 0 Å². The molecule has 2 aromatic rings. The van der Waals surface area contributed by atoms with Gasteiger partial charge in [-0.1, -0.05) is 12.5 Å². The van der Waals surface area contributed by atoms with E-state index in [1.807, 2.05) is 28.6 Å². The molecule has 1 saturated heterocycles. The van der Waals surface area contributed by atoms with Gasteiger partial charge in [-0.2, -0.15) is 0 Å². The number of thiazole rings is 1. The molecule has 0 N–H and O–H groups in total. The molecule has 1 saturated carbocycles. The molecule has 4 rings (SSSR count). The van der Waals surface area contributed by atoms with Crippen LogP contribution in [0, 0.1) is 11.8 Å². The molecule has 24 heavy (non-hydrogen) atoms. The van der Waals surface area contributed by atoms with Gasteiger partial charge in [-0.3, -0.25) is 9.78 Å². The van der Waals surface area contributed by atoms with E-state index >= 15 is 0 Å². The van der Waals surface area contributed by atoms with Gasteiger partial charge in [-0.25, -0.2) is 4.98 Å². The molecule has 1 aliphatic carbocycles. The minimum atomic E-state index is 0.0664. The Morgan fingerprint density at radius 2 is 2.33 bits per heavy atom. The van der Waals surface area contributed by atoms with Crippen LogP contribution >= 0.6 is 11.3 Å². The van der Waals surface area contributed by atoms with E-state index in [0.29, 0.717) is 24.1 Å². The standard InChI is InChI=1S/C18H21N3O2S/c22-18(16-11-24-12-20-16)21-8-14-4-1-5-17(15(14)9-21)23-10-13-3-2-6-19-7-13/h2-3,6-7,11-12,14-15,17H,1,4-5,8-10H2/t14-,15+,17?/m1/s1. The van der Waals surface area contributed by atoms with Crippen LogP contribution in [-0.2, 0) is 11.3 Å². The average Bonchev–Trinajstić information content (AvgIpc) is 3.30. The summed E-state index contributed by atoms with van der Waals surface area (Å²) >= 11 is 1.47. The third kappa shape index (κ3) is 3.21. The predicted molar refractivity (Wildman–Crippen MR) is 91.7 cm³/mol. The normalized spacial score (nSPS) is 26.3. The SMILES string of the molecule is O=C(c1cscn1)N1C[C@H]2CCCC(OCc3cccnc3)[C@H]2C1. The van der Waals surface area contributed by atoms with E-state index in [0.717, 1.165) is 25.1 Å². The highest BCUT2D eigenvalue weighted by atomic mass is 32.1. The number of carbonyl (C=O) groups excluding carboxylic acids is 1. The van der Waals surface area contributed by atoms with E-state index in [2.05, 4.69) is 9.97 Å². The van der Waals surface area contributed by atoms with Gasteiger partial charge in [0.15, 0.2) is 0 Å². The van der Waals surface area contributed by atoms with E-state index in [1.54, 1.807) is 11.7 Å². The Kier molecular flexibility index (Phi) is 4.58. The van der Waals surface area contributed by atoms with Gasteiger partial charge in [0.25, 0.3) is 5.91 Å². The fraction of sp³-hybridized carbons (Fsp3) is 0.500. The molecule has 1 aliphatic heterocycles. The second kappa shape index (κ2) is 6.99. The Morgan fingerprint density at radius 3 is 3.12 bits per heavy atom. The van der Waals surface area contributed by atoms with E-state index in [-0.39, 0.29) is 12.0 Å². The number of ether oxygens (including phenoxy) is 1. The second-order valence-corrected chi connectivity index (χ2v) is 7.37. The molecular formula is C18H21N3O2S. The molecule has 0 radical (unpaired) electrons. The number of likely N-dealkylation sites (tertiary alicyclic amines) is 1. The third-order valence-corrected chi connectivity index (χ3v) is 5.74. The minimum Gasteiger partial charge on any atom is -0.373 e. The quantitative estimate of drug-likeness (QED) is 0.856. The van der Waals surface area contributed by atoms with Crippen molar-refractivity contribution in [2.75, 3.05) is 13.1 Å². The average molecular weight is 343 g/mol. The van der Waals surface area contributed by atoms with Crippen molar-refractivity contribution in [3.05, 3.63) is 46.7 Å². The summed E-state index contributed by atoms with van der Waals surface area (Å²) < 4.78 is 6.21. The number of hydrogen-bond acceptors (Lipinski definition) is 5. The summed E-state index contributed by atoms with van der Waals surface area (Å²) in [6, 6.07) is 3.98. The second-order valence-electron chi connectivity index (χ2n) is 6.65. The van der Waals surface area contributed by atoms with Crippen LogP contribution in [0.2, 0.25) is 0 Å². The predicted octanol–water partition coefficient (Wildman–Crippen LogP) is 3.00. The van der Waals surface area contributed by atoms with Crippen LogP contribution in [0.15, 0.2) is 35.4 Å². The van der Waals surface area contributed by atoms with Crippen molar-refractivity contribution in [3.63, 3.8) is 0 Å². The largest absolute Gasteiger partial charge is 0.373 e. The Morgan fingerprint density at radius 1 is 1.38 bits per heavy atom. The molecule has 2 aliphatic rings. The maximum Gasteiger partial charge on any atom is 0.273 e. The van der Waals surface area contributed by atoms with Gasteiger partial charge in [0.05, 0.1) is 18.2 Å². The molecule has 0 spiro atoms. The maximum absolute atomic E-state index is 12.6. The van der Waals surface area contributed by atoms with Crippen LogP contribution in [0.4, 0.5) is 0 Å². The van der Waals surface area contributed by atoms with Crippen LogP contribution in [0.3, 0.4) is 0 Å². The molecule has 6 heteroatoms. The zero-order valence-corrected chi connectivity index (χ0v) is 14.3. The molecule has 126 valence electrons. The molecular weight excluding hydrogens is 322 g/mol. The van der Waals surface area contributed by atoms with Crippen molar-refractivity contribution in [2.24, 2.45) is 11.8 Å². The number of nitrogens with zero attached hydrogens (tertiary/aromatic N) is 3. The molecule has 2 aromatic heterocycles. The first-order valence-electron chi connectivity index (χ1n) is 8.49. The number of carbonyl (C=O) groups is 1. The number of aromatic nitrogens is 2. The zero-order valence-electron chi connectivity index (χ0n) is 13.5.